The molecule has 5 atom stereocenters. The van der Waals surface area contributed by atoms with E-state index < -0.39 is 29.5 Å². The van der Waals surface area contributed by atoms with E-state index >= 15 is 0 Å². The highest BCUT2D eigenvalue weighted by molar-refractivity contribution is 5.90. The molecule has 3 saturated heterocycles. The van der Waals surface area contributed by atoms with Gasteiger partial charge in [0.25, 0.3) is 0 Å². The number of hydrogen-bond acceptors (Lipinski definition) is 5. The summed E-state index contributed by atoms with van der Waals surface area (Å²) in [6.07, 6.45) is 5.12. The highest BCUT2D eigenvalue weighted by Gasteiger charge is 2.65. The summed E-state index contributed by atoms with van der Waals surface area (Å²) in [6.45, 7) is 1.69. The molecule has 20 heavy (non-hydrogen) atoms. The van der Waals surface area contributed by atoms with E-state index in [0.717, 1.165) is 19.4 Å². The summed E-state index contributed by atoms with van der Waals surface area (Å²) in [5.41, 5.74) is -0.759. The number of fused-ring (bicyclic) bond motifs is 1. The fourth-order valence-corrected chi connectivity index (χ4v) is 4.04. The number of hydrogen-bond donors (Lipinski definition) is 0. The van der Waals surface area contributed by atoms with E-state index in [1.165, 1.54) is 0 Å². The number of carbonyl (C=O) groups is 2. The van der Waals surface area contributed by atoms with Crippen LogP contribution in [0, 0.1) is 11.8 Å². The van der Waals surface area contributed by atoms with Crippen LogP contribution in [0.3, 0.4) is 0 Å². The quantitative estimate of drug-likeness (QED) is 0.599. The van der Waals surface area contributed by atoms with Crippen molar-refractivity contribution >= 4 is 11.9 Å². The number of carbonyl (C=O) groups excluding carboxylic acids is 2. The first kappa shape index (κ1) is 12.3. The summed E-state index contributed by atoms with van der Waals surface area (Å²) in [6, 6.07) is 0. The van der Waals surface area contributed by atoms with Crippen molar-refractivity contribution in [3.8, 4) is 0 Å². The molecule has 0 aromatic carbocycles. The zero-order chi connectivity index (χ0) is 13.9. The lowest BCUT2D eigenvalue weighted by Gasteiger charge is -2.25. The summed E-state index contributed by atoms with van der Waals surface area (Å²) in [5, 5.41) is 11.3. The number of aliphatic carboxylic acids is 1. The maximum Gasteiger partial charge on any atom is 0.229 e. The van der Waals surface area contributed by atoms with Gasteiger partial charge in [-0.1, -0.05) is 12.2 Å². The second kappa shape index (κ2) is 4.05. The van der Waals surface area contributed by atoms with Gasteiger partial charge < -0.3 is 24.3 Å². The van der Waals surface area contributed by atoms with Gasteiger partial charge in [-0.25, -0.2) is 0 Å². The van der Waals surface area contributed by atoms with Crippen molar-refractivity contribution in [1.82, 2.24) is 4.90 Å². The maximum absolute atomic E-state index is 12.5. The van der Waals surface area contributed by atoms with Crippen LogP contribution in [-0.4, -0.2) is 54.3 Å². The van der Waals surface area contributed by atoms with Crippen molar-refractivity contribution in [3.63, 3.8) is 0 Å². The second-order valence-electron chi connectivity index (χ2n) is 6.07. The Balaban J connectivity index is 1.58. The lowest BCUT2D eigenvalue weighted by molar-refractivity contribution is -0.313. The van der Waals surface area contributed by atoms with Crippen LogP contribution in [0.5, 0.6) is 0 Å². The van der Waals surface area contributed by atoms with Gasteiger partial charge in [0.1, 0.15) is 5.60 Å². The predicted octanol–water partition coefficient (Wildman–Crippen LogP) is -1.30. The SMILES string of the molecule is O=C([O-])[C@H]1[C@@H]2C=C[C@]3(CN(C[C@@H]4CCCO4)C(=O)[C@@H]13)O2. The van der Waals surface area contributed by atoms with Crippen LogP contribution in [0.2, 0.25) is 0 Å². The molecule has 1 amide bonds. The van der Waals surface area contributed by atoms with Crippen molar-refractivity contribution < 1.29 is 24.2 Å². The van der Waals surface area contributed by atoms with E-state index in [0.29, 0.717) is 13.1 Å². The average Bonchev–Trinajstić information content (AvgIpc) is 3.12. The largest absolute Gasteiger partial charge is 0.550 e. The summed E-state index contributed by atoms with van der Waals surface area (Å²) >= 11 is 0. The molecule has 6 heteroatoms. The van der Waals surface area contributed by atoms with E-state index in [1.54, 1.807) is 11.0 Å². The lowest BCUT2D eigenvalue weighted by Crippen LogP contribution is -2.45. The van der Waals surface area contributed by atoms with Gasteiger partial charge in [-0.05, 0) is 12.8 Å². The number of ether oxygens (including phenoxy) is 2. The van der Waals surface area contributed by atoms with Crippen molar-refractivity contribution in [2.75, 3.05) is 19.7 Å². The minimum Gasteiger partial charge on any atom is -0.550 e. The summed E-state index contributed by atoms with van der Waals surface area (Å²) < 4.78 is 11.3. The molecule has 4 heterocycles. The van der Waals surface area contributed by atoms with Crippen LogP contribution in [0.15, 0.2) is 12.2 Å². The van der Waals surface area contributed by atoms with Gasteiger partial charge in [-0.3, -0.25) is 4.79 Å². The molecule has 4 rings (SSSR count). The van der Waals surface area contributed by atoms with Crippen LogP contribution >= 0.6 is 0 Å². The topological polar surface area (TPSA) is 78.9 Å². The van der Waals surface area contributed by atoms with Crippen LogP contribution in [0.25, 0.3) is 0 Å². The molecule has 0 aromatic rings. The highest BCUT2D eigenvalue weighted by atomic mass is 16.5. The monoisotopic (exact) mass is 278 g/mol. The van der Waals surface area contributed by atoms with E-state index in [-0.39, 0.29) is 12.0 Å². The molecule has 0 radical (unpaired) electrons. The number of carboxylic acids is 1. The molecule has 1 spiro atoms. The Kier molecular flexibility index (Phi) is 2.50. The predicted molar refractivity (Wildman–Crippen MR) is 64.3 cm³/mol. The Labute approximate surface area is 116 Å². The molecule has 2 bridgehead atoms. The smallest absolute Gasteiger partial charge is 0.229 e. The van der Waals surface area contributed by atoms with Gasteiger partial charge in [0.2, 0.25) is 5.91 Å². The summed E-state index contributed by atoms with van der Waals surface area (Å²) in [5.74, 6) is -2.83. The number of rotatable bonds is 3. The van der Waals surface area contributed by atoms with E-state index in [9.17, 15) is 14.7 Å². The van der Waals surface area contributed by atoms with Crippen molar-refractivity contribution in [2.45, 2.75) is 30.7 Å². The van der Waals surface area contributed by atoms with Crippen LogP contribution in [0.4, 0.5) is 0 Å². The molecule has 0 saturated carbocycles. The van der Waals surface area contributed by atoms with Gasteiger partial charge in [0.15, 0.2) is 0 Å². The molecule has 3 fully saturated rings. The van der Waals surface area contributed by atoms with Gasteiger partial charge in [-0.15, -0.1) is 0 Å². The minimum atomic E-state index is -1.20. The lowest BCUT2D eigenvalue weighted by atomic mass is 9.77. The van der Waals surface area contributed by atoms with E-state index in [2.05, 4.69) is 0 Å². The Morgan fingerprint density at radius 2 is 2.40 bits per heavy atom. The first-order chi connectivity index (χ1) is 9.61. The molecule has 4 aliphatic heterocycles. The molecule has 0 aliphatic carbocycles. The molecule has 0 N–H and O–H groups in total. The van der Waals surface area contributed by atoms with Crippen molar-refractivity contribution in [1.29, 1.82) is 0 Å². The Hall–Kier alpha value is -1.40. The Morgan fingerprint density at radius 3 is 3.10 bits per heavy atom. The number of carboxylic acid groups (broad SMARTS) is 1. The molecule has 0 aromatic heterocycles. The van der Waals surface area contributed by atoms with E-state index in [1.807, 2.05) is 6.08 Å². The number of nitrogens with zero attached hydrogens (tertiary/aromatic N) is 1. The molecule has 6 nitrogen and oxygen atoms in total. The third-order valence-electron chi connectivity index (χ3n) is 4.90. The molecule has 108 valence electrons. The summed E-state index contributed by atoms with van der Waals surface area (Å²) in [4.78, 5) is 25.5. The fourth-order valence-electron chi connectivity index (χ4n) is 4.04. The molecule has 4 aliphatic rings. The first-order valence-electron chi connectivity index (χ1n) is 7.09. The van der Waals surface area contributed by atoms with Crippen LogP contribution in [-0.2, 0) is 19.1 Å². The summed E-state index contributed by atoms with van der Waals surface area (Å²) in [7, 11) is 0. The Morgan fingerprint density at radius 1 is 1.55 bits per heavy atom. The molecular weight excluding hydrogens is 262 g/mol. The third kappa shape index (κ3) is 1.52. The van der Waals surface area contributed by atoms with Crippen molar-refractivity contribution in [2.24, 2.45) is 11.8 Å². The van der Waals surface area contributed by atoms with Crippen LogP contribution < -0.4 is 5.11 Å². The van der Waals surface area contributed by atoms with Gasteiger partial charge >= 0.3 is 0 Å². The number of amides is 1. The zero-order valence-electron chi connectivity index (χ0n) is 11.0. The third-order valence-corrected chi connectivity index (χ3v) is 4.90. The first-order valence-corrected chi connectivity index (χ1v) is 7.09. The van der Waals surface area contributed by atoms with Gasteiger partial charge in [0, 0.05) is 25.0 Å². The standard InChI is InChI=1S/C14H17NO5/c16-12-11-10(13(17)18)9-3-4-14(11,20-9)7-15(12)6-8-2-1-5-19-8/h3-4,8-11H,1-2,5-7H2,(H,17,18)/p-1/t8-,9-,10-,11+,14+/m0/s1. The average molecular weight is 278 g/mol. The molecule has 0 unspecified atom stereocenters. The van der Waals surface area contributed by atoms with Crippen LogP contribution in [0.1, 0.15) is 12.8 Å². The van der Waals surface area contributed by atoms with Gasteiger partial charge in [0.05, 0.1) is 24.7 Å². The molecular formula is C14H16NO5-. The van der Waals surface area contributed by atoms with Crippen molar-refractivity contribution in [3.05, 3.63) is 12.2 Å². The number of likely N-dealkylation sites (tertiary alicyclic amines) is 1. The highest BCUT2D eigenvalue weighted by Crippen LogP contribution is 2.51. The van der Waals surface area contributed by atoms with Gasteiger partial charge in [-0.2, -0.15) is 0 Å². The zero-order valence-corrected chi connectivity index (χ0v) is 11.0. The maximum atomic E-state index is 12.5. The fraction of sp³-hybridized carbons (Fsp3) is 0.714. The normalized spacial score (nSPS) is 45.4. The Bertz CT molecular complexity index is 498. The second-order valence-corrected chi connectivity index (χ2v) is 6.07. The minimum absolute atomic E-state index is 0.0664. The van der Waals surface area contributed by atoms with E-state index in [4.69, 9.17) is 9.47 Å².